The first-order valence-corrected chi connectivity index (χ1v) is 6.93. The lowest BCUT2D eigenvalue weighted by molar-refractivity contribution is -0.144. The van der Waals surface area contributed by atoms with Gasteiger partial charge in [-0.05, 0) is 32.0 Å². The Labute approximate surface area is 131 Å². The van der Waals surface area contributed by atoms with Crippen LogP contribution in [0.3, 0.4) is 0 Å². The van der Waals surface area contributed by atoms with Crippen LogP contribution in [0.25, 0.3) is 0 Å². The number of rotatable bonds is 4. The largest absolute Gasteiger partial charge is 0.334 e. The first kappa shape index (κ1) is 16.0. The lowest BCUT2D eigenvalue weighted by Gasteiger charge is -2.18. The summed E-state index contributed by atoms with van der Waals surface area (Å²) in [6.07, 6.45) is 0. The summed E-state index contributed by atoms with van der Waals surface area (Å²) in [5.41, 5.74) is 0.434. The topological polar surface area (TPSA) is 86.8 Å². The number of benzene rings is 1. The van der Waals surface area contributed by atoms with Crippen molar-refractivity contribution >= 4 is 41.0 Å². The standard InChI is InChI=1S/C14H14ClN3O4/c1-8(2)18-13(21)12(20)17(14(18)22)7-11(19)16-10-5-3-4-9(15)6-10/h3-6,8H,7H2,1-2H3,(H,16,19). The van der Waals surface area contributed by atoms with E-state index in [1.54, 1.807) is 32.0 Å². The van der Waals surface area contributed by atoms with Crippen LogP contribution >= 0.6 is 11.6 Å². The summed E-state index contributed by atoms with van der Waals surface area (Å²) >= 11 is 5.80. The Kier molecular flexibility index (Phi) is 4.46. The Hall–Kier alpha value is -2.41. The highest BCUT2D eigenvalue weighted by Crippen LogP contribution is 2.17. The molecule has 1 aromatic rings. The van der Waals surface area contributed by atoms with Crippen molar-refractivity contribution in [2.45, 2.75) is 19.9 Å². The van der Waals surface area contributed by atoms with Crippen molar-refractivity contribution in [3.8, 4) is 0 Å². The number of nitrogens with zero attached hydrogens (tertiary/aromatic N) is 2. The third kappa shape index (κ3) is 3.09. The second-order valence-electron chi connectivity index (χ2n) is 5.00. The van der Waals surface area contributed by atoms with Gasteiger partial charge in [0.15, 0.2) is 0 Å². The predicted octanol–water partition coefficient (Wildman–Crippen LogP) is 1.48. The number of hydrogen-bond acceptors (Lipinski definition) is 4. The zero-order valence-corrected chi connectivity index (χ0v) is 12.8. The maximum atomic E-state index is 12.0. The molecule has 5 amide bonds. The summed E-state index contributed by atoms with van der Waals surface area (Å²) in [5, 5.41) is 2.95. The van der Waals surface area contributed by atoms with Gasteiger partial charge in [0.2, 0.25) is 5.91 Å². The molecule has 7 nitrogen and oxygen atoms in total. The van der Waals surface area contributed by atoms with E-state index in [2.05, 4.69) is 5.32 Å². The molecule has 0 aromatic heterocycles. The molecule has 1 saturated heterocycles. The molecule has 22 heavy (non-hydrogen) atoms. The molecule has 0 unspecified atom stereocenters. The van der Waals surface area contributed by atoms with Crippen LogP contribution < -0.4 is 5.32 Å². The van der Waals surface area contributed by atoms with Crippen LogP contribution in [0.4, 0.5) is 10.5 Å². The summed E-state index contributed by atoms with van der Waals surface area (Å²) in [4.78, 5) is 48.9. The maximum absolute atomic E-state index is 12.0. The minimum atomic E-state index is -1.00. The van der Waals surface area contributed by atoms with Crippen LogP contribution in [0.5, 0.6) is 0 Å². The van der Waals surface area contributed by atoms with Gasteiger partial charge in [0.1, 0.15) is 6.54 Å². The average Bonchev–Trinajstić information content (AvgIpc) is 2.62. The van der Waals surface area contributed by atoms with Gasteiger partial charge in [-0.3, -0.25) is 19.3 Å². The molecule has 1 aliphatic heterocycles. The van der Waals surface area contributed by atoms with Gasteiger partial charge in [0.25, 0.3) is 0 Å². The Morgan fingerprint density at radius 1 is 1.23 bits per heavy atom. The highest BCUT2D eigenvalue weighted by Gasteiger charge is 2.46. The fourth-order valence-electron chi connectivity index (χ4n) is 2.03. The fraction of sp³-hybridized carbons (Fsp3) is 0.286. The van der Waals surface area contributed by atoms with E-state index in [0.717, 1.165) is 4.90 Å². The van der Waals surface area contributed by atoms with Crippen LogP contribution in [0, 0.1) is 0 Å². The Balaban J connectivity index is 2.07. The maximum Gasteiger partial charge on any atom is 0.334 e. The van der Waals surface area contributed by atoms with Crippen LogP contribution in [-0.4, -0.2) is 46.1 Å². The van der Waals surface area contributed by atoms with Crippen molar-refractivity contribution in [3.05, 3.63) is 29.3 Å². The van der Waals surface area contributed by atoms with Gasteiger partial charge < -0.3 is 5.32 Å². The number of hydrogen-bond donors (Lipinski definition) is 1. The molecule has 1 N–H and O–H groups in total. The lowest BCUT2D eigenvalue weighted by Crippen LogP contribution is -2.40. The minimum Gasteiger partial charge on any atom is -0.324 e. The van der Waals surface area contributed by atoms with E-state index in [9.17, 15) is 19.2 Å². The van der Waals surface area contributed by atoms with Crippen LogP contribution in [0.1, 0.15) is 13.8 Å². The highest BCUT2D eigenvalue weighted by molar-refractivity contribution is 6.45. The molecule has 0 aliphatic carbocycles. The van der Waals surface area contributed by atoms with E-state index in [1.165, 1.54) is 6.07 Å². The molecule has 1 aromatic carbocycles. The molecule has 0 atom stereocenters. The summed E-state index contributed by atoms with van der Waals surface area (Å²) in [7, 11) is 0. The van der Waals surface area contributed by atoms with E-state index in [4.69, 9.17) is 11.6 Å². The van der Waals surface area contributed by atoms with Crippen molar-refractivity contribution in [1.82, 2.24) is 9.80 Å². The molecule has 1 heterocycles. The van der Waals surface area contributed by atoms with Gasteiger partial charge in [-0.1, -0.05) is 17.7 Å². The first-order chi connectivity index (χ1) is 10.3. The number of anilines is 1. The number of nitrogens with one attached hydrogen (secondary N) is 1. The van der Waals surface area contributed by atoms with Crippen molar-refractivity contribution in [3.63, 3.8) is 0 Å². The van der Waals surface area contributed by atoms with E-state index >= 15 is 0 Å². The molecular weight excluding hydrogens is 310 g/mol. The quantitative estimate of drug-likeness (QED) is 0.671. The average molecular weight is 324 g/mol. The summed E-state index contributed by atoms with van der Waals surface area (Å²) in [5.74, 6) is -2.52. The van der Waals surface area contributed by atoms with Crippen molar-refractivity contribution in [2.75, 3.05) is 11.9 Å². The smallest absolute Gasteiger partial charge is 0.324 e. The van der Waals surface area contributed by atoms with Crippen LogP contribution in [-0.2, 0) is 14.4 Å². The van der Waals surface area contributed by atoms with Crippen LogP contribution in [0.15, 0.2) is 24.3 Å². The Morgan fingerprint density at radius 2 is 1.91 bits per heavy atom. The molecule has 8 heteroatoms. The first-order valence-electron chi connectivity index (χ1n) is 6.55. The van der Waals surface area contributed by atoms with Crippen LogP contribution in [0.2, 0.25) is 5.02 Å². The molecule has 0 radical (unpaired) electrons. The van der Waals surface area contributed by atoms with Gasteiger partial charge in [-0.15, -0.1) is 0 Å². The second-order valence-corrected chi connectivity index (χ2v) is 5.44. The van der Waals surface area contributed by atoms with E-state index in [0.29, 0.717) is 15.6 Å². The third-order valence-electron chi connectivity index (χ3n) is 3.01. The Bertz CT molecular complexity index is 659. The van der Waals surface area contributed by atoms with E-state index in [-0.39, 0.29) is 0 Å². The summed E-state index contributed by atoms with van der Waals surface area (Å²) in [6, 6.07) is 5.19. The number of halogens is 1. The second kappa shape index (κ2) is 6.15. The molecule has 0 saturated carbocycles. The monoisotopic (exact) mass is 323 g/mol. The number of imide groups is 2. The molecular formula is C14H14ClN3O4. The van der Waals surface area contributed by atoms with Gasteiger partial charge in [0, 0.05) is 16.8 Å². The molecule has 116 valence electrons. The van der Waals surface area contributed by atoms with Crippen molar-refractivity contribution in [1.29, 1.82) is 0 Å². The van der Waals surface area contributed by atoms with Gasteiger partial charge in [-0.25, -0.2) is 9.69 Å². The van der Waals surface area contributed by atoms with Crippen molar-refractivity contribution in [2.24, 2.45) is 0 Å². The zero-order chi connectivity index (χ0) is 16.4. The number of carbonyl (C=O) groups excluding carboxylic acids is 4. The molecule has 0 spiro atoms. The van der Waals surface area contributed by atoms with Gasteiger partial charge in [0.05, 0.1) is 0 Å². The predicted molar refractivity (Wildman–Crippen MR) is 79.2 cm³/mol. The lowest BCUT2D eigenvalue weighted by atomic mass is 10.3. The number of amides is 5. The third-order valence-corrected chi connectivity index (χ3v) is 3.25. The molecule has 2 rings (SSSR count). The normalized spacial score (nSPS) is 15.0. The minimum absolute atomic E-state index is 0.434. The molecule has 0 bridgehead atoms. The zero-order valence-electron chi connectivity index (χ0n) is 12.0. The molecule has 1 fully saturated rings. The Morgan fingerprint density at radius 3 is 2.45 bits per heavy atom. The molecule has 1 aliphatic rings. The van der Waals surface area contributed by atoms with Crippen molar-refractivity contribution < 1.29 is 19.2 Å². The number of urea groups is 1. The SMILES string of the molecule is CC(C)N1C(=O)C(=O)N(CC(=O)Nc2cccc(Cl)c2)C1=O. The summed E-state index contributed by atoms with van der Waals surface area (Å²) in [6.45, 7) is 2.69. The highest BCUT2D eigenvalue weighted by atomic mass is 35.5. The van der Waals surface area contributed by atoms with Gasteiger partial charge >= 0.3 is 17.8 Å². The van der Waals surface area contributed by atoms with E-state index < -0.39 is 36.3 Å². The van der Waals surface area contributed by atoms with Gasteiger partial charge in [-0.2, -0.15) is 0 Å². The fourth-order valence-corrected chi connectivity index (χ4v) is 2.22. The number of carbonyl (C=O) groups is 4. The van der Waals surface area contributed by atoms with E-state index in [1.807, 2.05) is 0 Å². The summed E-state index contributed by atoms with van der Waals surface area (Å²) < 4.78 is 0.